The zero-order valence-electron chi connectivity index (χ0n) is 7.33. The fraction of sp³-hybridized carbons (Fsp3) is 0.250. The fourth-order valence-corrected chi connectivity index (χ4v) is 1.48. The molecule has 76 valence electrons. The van der Waals surface area contributed by atoms with Gasteiger partial charge in [0.25, 0.3) is 0 Å². The van der Waals surface area contributed by atoms with Crippen molar-refractivity contribution in [2.45, 2.75) is 6.04 Å². The standard InChI is InChI=1S/C8H8BrClN2O2/c1-14-8(13)6(11)5-2-4(9)3-12-7(5)10/h2-3,6H,11H2,1H3. The van der Waals surface area contributed by atoms with Gasteiger partial charge in [0.2, 0.25) is 0 Å². The Bertz CT molecular complexity index is 359. The van der Waals surface area contributed by atoms with E-state index in [9.17, 15) is 4.79 Å². The number of esters is 1. The van der Waals surface area contributed by atoms with E-state index < -0.39 is 12.0 Å². The fourth-order valence-electron chi connectivity index (χ4n) is 0.910. The predicted octanol–water partition coefficient (Wildman–Crippen LogP) is 1.67. The molecule has 1 rings (SSSR count). The molecule has 4 nitrogen and oxygen atoms in total. The minimum absolute atomic E-state index is 0.200. The number of carbonyl (C=O) groups excluding carboxylic acids is 1. The zero-order valence-corrected chi connectivity index (χ0v) is 9.67. The van der Waals surface area contributed by atoms with E-state index >= 15 is 0 Å². The van der Waals surface area contributed by atoms with Crippen molar-refractivity contribution in [2.24, 2.45) is 5.73 Å². The topological polar surface area (TPSA) is 65.2 Å². The molecule has 1 aromatic rings. The molecular formula is C8H8BrClN2O2. The second-order valence-corrected chi connectivity index (χ2v) is 3.81. The highest BCUT2D eigenvalue weighted by atomic mass is 79.9. The summed E-state index contributed by atoms with van der Waals surface area (Å²) in [6, 6.07) is 0.731. The monoisotopic (exact) mass is 278 g/mol. The Labute approximate surface area is 94.5 Å². The quantitative estimate of drug-likeness (QED) is 0.660. The third kappa shape index (κ3) is 2.43. The smallest absolute Gasteiger partial charge is 0.327 e. The van der Waals surface area contributed by atoms with E-state index in [1.807, 2.05) is 0 Å². The summed E-state index contributed by atoms with van der Waals surface area (Å²) in [6.07, 6.45) is 1.52. The molecule has 1 atom stereocenters. The van der Waals surface area contributed by atoms with Gasteiger partial charge in [-0.2, -0.15) is 0 Å². The lowest BCUT2D eigenvalue weighted by Gasteiger charge is -2.10. The number of hydrogen-bond donors (Lipinski definition) is 1. The molecular weight excluding hydrogens is 271 g/mol. The van der Waals surface area contributed by atoms with Crippen molar-refractivity contribution in [3.63, 3.8) is 0 Å². The van der Waals surface area contributed by atoms with Gasteiger partial charge in [-0.25, -0.2) is 4.98 Å². The number of hydrogen-bond acceptors (Lipinski definition) is 4. The van der Waals surface area contributed by atoms with Gasteiger partial charge in [0, 0.05) is 16.2 Å². The molecule has 0 fully saturated rings. The summed E-state index contributed by atoms with van der Waals surface area (Å²) >= 11 is 8.98. The number of ether oxygens (including phenoxy) is 1. The van der Waals surface area contributed by atoms with Crippen LogP contribution in [0.5, 0.6) is 0 Å². The lowest BCUT2D eigenvalue weighted by molar-refractivity contribution is -0.142. The van der Waals surface area contributed by atoms with Gasteiger partial charge in [-0.15, -0.1) is 0 Å². The van der Waals surface area contributed by atoms with Gasteiger partial charge in [0.15, 0.2) is 0 Å². The number of carbonyl (C=O) groups is 1. The summed E-state index contributed by atoms with van der Waals surface area (Å²) < 4.78 is 5.20. The minimum Gasteiger partial charge on any atom is -0.468 e. The highest BCUT2D eigenvalue weighted by Crippen LogP contribution is 2.23. The number of methoxy groups -OCH3 is 1. The Morgan fingerprint density at radius 1 is 1.79 bits per heavy atom. The molecule has 0 bridgehead atoms. The highest BCUT2D eigenvalue weighted by Gasteiger charge is 2.19. The van der Waals surface area contributed by atoms with E-state index in [1.54, 1.807) is 6.07 Å². The molecule has 0 aliphatic rings. The summed E-state index contributed by atoms with van der Waals surface area (Å²) in [5.41, 5.74) is 6.04. The number of rotatable bonds is 2. The first-order valence-electron chi connectivity index (χ1n) is 3.70. The molecule has 0 aliphatic heterocycles. The lowest BCUT2D eigenvalue weighted by atomic mass is 10.1. The van der Waals surface area contributed by atoms with Gasteiger partial charge in [-0.05, 0) is 22.0 Å². The first kappa shape index (κ1) is 11.4. The number of aromatic nitrogens is 1. The number of nitrogens with zero attached hydrogens (tertiary/aromatic N) is 1. The summed E-state index contributed by atoms with van der Waals surface area (Å²) in [5.74, 6) is -0.549. The summed E-state index contributed by atoms with van der Waals surface area (Å²) in [6.45, 7) is 0. The van der Waals surface area contributed by atoms with Crippen LogP contribution in [0.4, 0.5) is 0 Å². The largest absolute Gasteiger partial charge is 0.468 e. The van der Waals surface area contributed by atoms with Crippen LogP contribution in [0.3, 0.4) is 0 Å². The van der Waals surface area contributed by atoms with E-state index in [-0.39, 0.29) is 5.15 Å². The molecule has 0 spiro atoms. The van der Waals surface area contributed by atoms with Crippen molar-refractivity contribution in [1.29, 1.82) is 0 Å². The third-order valence-corrected chi connectivity index (χ3v) is 2.37. The third-order valence-electron chi connectivity index (χ3n) is 1.62. The van der Waals surface area contributed by atoms with Crippen molar-refractivity contribution in [3.8, 4) is 0 Å². The summed E-state index contributed by atoms with van der Waals surface area (Å²) in [5, 5.41) is 0.200. The Balaban J connectivity index is 3.05. The Kier molecular flexibility index (Phi) is 3.86. The number of halogens is 2. The van der Waals surface area contributed by atoms with E-state index in [1.165, 1.54) is 13.3 Å². The SMILES string of the molecule is COC(=O)C(N)c1cc(Br)cnc1Cl. The number of pyridine rings is 1. The molecule has 0 radical (unpaired) electrons. The van der Waals surface area contributed by atoms with Crippen LogP contribution in [0.1, 0.15) is 11.6 Å². The Hall–Kier alpha value is -0.650. The maximum atomic E-state index is 11.1. The lowest BCUT2D eigenvalue weighted by Crippen LogP contribution is -2.23. The van der Waals surface area contributed by atoms with Crippen LogP contribution in [0.2, 0.25) is 5.15 Å². The van der Waals surface area contributed by atoms with Crippen LogP contribution in [-0.2, 0) is 9.53 Å². The molecule has 6 heteroatoms. The second kappa shape index (κ2) is 4.72. The van der Waals surface area contributed by atoms with Crippen LogP contribution in [0.25, 0.3) is 0 Å². The van der Waals surface area contributed by atoms with Crippen molar-refractivity contribution in [2.75, 3.05) is 7.11 Å². The van der Waals surface area contributed by atoms with Crippen LogP contribution < -0.4 is 5.73 Å². The van der Waals surface area contributed by atoms with Gasteiger partial charge < -0.3 is 10.5 Å². The maximum Gasteiger partial charge on any atom is 0.327 e. The van der Waals surface area contributed by atoms with Crippen LogP contribution >= 0.6 is 27.5 Å². The summed E-state index contributed by atoms with van der Waals surface area (Å²) in [4.78, 5) is 15.0. The molecule has 2 N–H and O–H groups in total. The molecule has 1 aromatic heterocycles. The molecule has 0 amide bonds. The number of nitrogens with two attached hydrogens (primary N) is 1. The molecule has 0 aromatic carbocycles. The van der Waals surface area contributed by atoms with E-state index in [2.05, 4.69) is 25.7 Å². The Morgan fingerprint density at radius 3 is 3.00 bits per heavy atom. The second-order valence-electron chi connectivity index (χ2n) is 2.53. The first-order chi connectivity index (χ1) is 6.56. The van der Waals surface area contributed by atoms with Crippen LogP contribution in [0.15, 0.2) is 16.7 Å². The maximum absolute atomic E-state index is 11.1. The van der Waals surface area contributed by atoms with Gasteiger partial charge in [0.1, 0.15) is 11.2 Å². The average molecular weight is 280 g/mol. The molecule has 0 aliphatic carbocycles. The molecule has 0 saturated carbocycles. The zero-order chi connectivity index (χ0) is 10.7. The van der Waals surface area contributed by atoms with E-state index in [4.69, 9.17) is 17.3 Å². The minimum atomic E-state index is -0.905. The average Bonchev–Trinajstić information content (AvgIpc) is 2.19. The predicted molar refractivity (Wildman–Crippen MR) is 55.9 cm³/mol. The van der Waals surface area contributed by atoms with E-state index in [0.29, 0.717) is 10.0 Å². The van der Waals surface area contributed by atoms with E-state index in [0.717, 1.165) is 0 Å². The van der Waals surface area contributed by atoms with Crippen molar-refractivity contribution < 1.29 is 9.53 Å². The van der Waals surface area contributed by atoms with Crippen molar-refractivity contribution in [1.82, 2.24) is 4.98 Å². The Morgan fingerprint density at radius 2 is 2.43 bits per heavy atom. The van der Waals surface area contributed by atoms with Crippen molar-refractivity contribution in [3.05, 3.63) is 27.5 Å². The van der Waals surface area contributed by atoms with Gasteiger partial charge in [-0.3, -0.25) is 4.79 Å². The van der Waals surface area contributed by atoms with Gasteiger partial charge >= 0.3 is 5.97 Å². The molecule has 0 saturated heterocycles. The molecule has 1 heterocycles. The van der Waals surface area contributed by atoms with Crippen molar-refractivity contribution >= 4 is 33.5 Å². The summed E-state index contributed by atoms with van der Waals surface area (Å²) in [7, 11) is 1.27. The first-order valence-corrected chi connectivity index (χ1v) is 4.87. The highest BCUT2D eigenvalue weighted by molar-refractivity contribution is 9.10. The van der Waals surface area contributed by atoms with Gasteiger partial charge in [-0.1, -0.05) is 11.6 Å². The van der Waals surface area contributed by atoms with Crippen LogP contribution in [-0.4, -0.2) is 18.1 Å². The molecule has 1 unspecified atom stereocenters. The molecule has 14 heavy (non-hydrogen) atoms. The van der Waals surface area contributed by atoms with Gasteiger partial charge in [0.05, 0.1) is 7.11 Å². The van der Waals surface area contributed by atoms with Crippen LogP contribution in [0, 0.1) is 0 Å². The normalized spacial score (nSPS) is 12.3.